The Hall–Kier alpha value is -2.65. The van der Waals surface area contributed by atoms with Crippen LogP contribution in [0.1, 0.15) is 22.3 Å². The standard InChI is InChI=1S/C15H10N4OS/c16-8-10-3-5-11(6-4-10)13(21)15-19-18-14(20-15)12-2-1-7-17-9-12/h1-7,9,13,21H. The Morgan fingerprint density at radius 3 is 2.62 bits per heavy atom. The Balaban J connectivity index is 1.87. The van der Waals surface area contributed by atoms with E-state index < -0.39 is 0 Å². The normalized spacial score (nSPS) is 11.8. The van der Waals surface area contributed by atoms with E-state index in [1.165, 1.54) is 0 Å². The van der Waals surface area contributed by atoms with Crippen LogP contribution in [0.2, 0.25) is 0 Å². The molecule has 0 bridgehead atoms. The molecule has 0 spiro atoms. The van der Waals surface area contributed by atoms with Gasteiger partial charge in [-0.1, -0.05) is 12.1 Å². The van der Waals surface area contributed by atoms with E-state index in [2.05, 4.69) is 33.9 Å². The van der Waals surface area contributed by atoms with Crippen LogP contribution in [0.5, 0.6) is 0 Å². The molecule has 0 aliphatic carbocycles. The van der Waals surface area contributed by atoms with Crippen LogP contribution < -0.4 is 0 Å². The molecular weight excluding hydrogens is 284 g/mol. The van der Waals surface area contributed by atoms with Crippen LogP contribution in [0.25, 0.3) is 11.5 Å². The number of hydrogen-bond acceptors (Lipinski definition) is 6. The van der Waals surface area contributed by atoms with Gasteiger partial charge in [0.15, 0.2) is 0 Å². The molecule has 0 N–H and O–H groups in total. The van der Waals surface area contributed by atoms with Crippen molar-refractivity contribution in [3.05, 3.63) is 65.8 Å². The molecule has 21 heavy (non-hydrogen) atoms. The van der Waals surface area contributed by atoms with Gasteiger partial charge in [-0.05, 0) is 29.8 Å². The first-order valence-electron chi connectivity index (χ1n) is 6.20. The molecule has 6 heteroatoms. The van der Waals surface area contributed by atoms with E-state index in [9.17, 15) is 0 Å². The SMILES string of the molecule is N#Cc1ccc(C(S)c2nnc(-c3cccnc3)o2)cc1. The lowest BCUT2D eigenvalue weighted by Gasteiger charge is -2.05. The van der Waals surface area contributed by atoms with Crippen LogP contribution in [0.4, 0.5) is 0 Å². The fraction of sp³-hybridized carbons (Fsp3) is 0.0667. The van der Waals surface area contributed by atoms with E-state index in [4.69, 9.17) is 9.68 Å². The second-order valence-electron chi connectivity index (χ2n) is 4.32. The van der Waals surface area contributed by atoms with E-state index in [1.54, 1.807) is 30.6 Å². The predicted octanol–water partition coefficient (Wildman–Crippen LogP) is 3.02. The third kappa shape index (κ3) is 2.78. The monoisotopic (exact) mass is 294 g/mol. The number of benzene rings is 1. The number of pyridine rings is 1. The number of nitriles is 1. The van der Waals surface area contributed by atoms with Crippen LogP contribution in [0, 0.1) is 11.3 Å². The van der Waals surface area contributed by atoms with E-state index in [1.807, 2.05) is 18.2 Å². The second-order valence-corrected chi connectivity index (χ2v) is 4.84. The Morgan fingerprint density at radius 2 is 1.95 bits per heavy atom. The zero-order chi connectivity index (χ0) is 14.7. The summed E-state index contributed by atoms with van der Waals surface area (Å²) in [5, 5.41) is 16.5. The van der Waals surface area contributed by atoms with Crippen LogP contribution in [-0.2, 0) is 0 Å². The first-order valence-corrected chi connectivity index (χ1v) is 6.71. The van der Waals surface area contributed by atoms with Gasteiger partial charge in [-0.15, -0.1) is 10.2 Å². The number of aromatic nitrogens is 3. The molecule has 2 heterocycles. The molecule has 0 saturated heterocycles. The van der Waals surface area contributed by atoms with E-state index in [0.29, 0.717) is 17.3 Å². The van der Waals surface area contributed by atoms with Crippen LogP contribution in [0.15, 0.2) is 53.2 Å². The molecule has 0 radical (unpaired) electrons. The van der Waals surface area contributed by atoms with Crippen molar-refractivity contribution in [1.82, 2.24) is 15.2 Å². The third-order valence-electron chi connectivity index (χ3n) is 2.94. The summed E-state index contributed by atoms with van der Waals surface area (Å²) in [6.07, 6.45) is 3.34. The van der Waals surface area contributed by atoms with Crippen molar-refractivity contribution in [2.24, 2.45) is 0 Å². The topological polar surface area (TPSA) is 75.6 Å². The van der Waals surface area contributed by atoms with Crippen molar-refractivity contribution in [2.75, 3.05) is 0 Å². The highest BCUT2D eigenvalue weighted by Gasteiger charge is 2.17. The van der Waals surface area contributed by atoms with Gasteiger partial charge in [0.05, 0.1) is 17.2 Å². The fourth-order valence-corrected chi connectivity index (χ4v) is 2.11. The Kier molecular flexibility index (Phi) is 3.67. The van der Waals surface area contributed by atoms with Crippen molar-refractivity contribution in [2.45, 2.75) is 5.25 Å². The number of hydrogen-bond donors (Lipinski definition) is 1. The fourth-order valence-electron chi connectivity index (χ4n) is 1.83. The molecule has 1 aromatic carbocycles. The van der Waals surface area contributed by atoms with E-state index in [0.717, 1.165) is 11.1 Å². The maximum absolute atomic E-state index is 8.80. The number of thiol groups is 1. The Morgan fingerprint density at radius 1 is 1.14 bits per heavy atom. The Bertz CT molecular complexity index is 777. The molecule has 2 aromatic heterocycles. The highest BCUT2D eigenvalue weighted by atomic mass is 32.1. The molecule has 0 aliphatic heterocycles. The van der Waals surface area contributed by atoms with Crippen LogP contribution in [-0.4, -0.2) is 15.2 Å². The molecule has 1 unspecified atom stereocenters. The molecule has 1 atom stereocenters. The van der Waals surface area contributed by atoms with Crippen molar-refractivity contribution < 1.29 is 4.42 Å². The summed E-state index contributed by atoms with van der Waals surface area (Å²) in [5.74, 6) is 0.813. The molecule has 0 aliphatic rings. The smallest absolute Gasteiger partial charge is 0.249 e. The van der Waals surface area contributed by atoms with Crippen molar-refractivity contribution >= 4 is 12.6 Å². The summed E-state index contributed by atoms with van der Waals surface area (Å²) >= 11 is 4.50. The predicted molar refractivity (Wildman–Crippen MR) is 79.5 cm³/mol. The second kappa shape index (κ2) is 5.77. The van der Waals surface area contributed by atoms with Gasteiger partial charge in [-0.3, -0.25) is 4.98 Å². The maximum atomic E-state index is 8.80. The minimum atomic E-state index is -0.337. The van der Waals surface area contributed by atoms with Gasteiger partial charge < -0.3 is 4.42 Å². The minimum Gasteiger partial charge on any atom is -0.419 e. The Labute approximate surface area is 126 Å². The maximum Gasteiger partial charge on any atom is 0.249 e. The van der Waals surface area contributed by atoms with Gasteiger partial charge in [0.1, 0.15) is 5.25 Å². The van der Waals surface area contributed by atoms with Crippen LogP contribution >= 0.6 is 12.6 Å². The summed E-state index contributed by atoms with van der Waals surface area (Å²) in [4.78, 5) is 4.01. The third-order valence-corrected chi connectivity index (χ3v) is 3.46. The molecule has 102 valence electrons. The lowest BCUT2D eigenvalue weighted by Crippen LogP contribution is -1.93. The van der Waals surface area contributed by atoms with Gasteiger partial charge in [0.2, 0.25) is 11.8 Å². The number of nitrogens with zero attached hydrogens (tertiary/aromatic N) is 4. The van der Waals surface area contributed by atoms with Gasteiger partial charge in [-0.2, -0.15) is 17.9 Å². The summed E-state index contributed by atoms with van der Waals surface area (Å²) in [6.45, 7) is 0. The highest BCUT2D eigenvalue weighted by molar-refractivity contribution is 7.80. The molecule has 0 amide bonds. The van der Waals surface area contributed by atoms with Crippen molar-refractivity contribution in [1.29, 1.82) is 5.26 Å². The zero-order valence-electron chi connectivity index (χ0n) is 10.8. The molecule has 0 fully saturated rings. The van der Waals surface area contributed by atoms with Crippen molar-refractivity contribution in [3.8, 4) is 17.5 Å². The quantitative estimate of drug-likeness (QED) is 0.751. The average molecular weight is 294 g/mol. The summed E-state index contributed by atoms with van der Waals surface area (Å²) in [6, 6.07) is 12.8. The number of rotatable bonds is 3. The molecule has 0 saturated carbocycles. The van der Waals surface area contributed by atoms with Crippen molar-refractivity contribution in [3.63, 3.8) is 0 Å². The summed E-state index contributed by atoms with van der Waals surface area (Å²) in [7, 11) is 0. The van der Waals surface area contributed by atoms with E-state index >= 15 is 0 Å². The highest BCUT2D eigenvalue weighted by Crippen LogP contribution is 2.29. The molecule has 3 rings (SSSR count). The lowest BCUT2D eigenvalue weighted by atomic mass is 10.1. The van der Waals surface area contributed by atoms with Crippen LogP contribution in [0.3, 0.4) is 0 Å². The lowest BCUT2D eigenvalue weighted by molar-refractivity contribution is 0.515. The first kappa shape index (κ1) is 13.3. The van der Waals surface area contributed by atoms with Gasteiger partial charge >= 0.3 is 0 Å². The molecular formula is C15H10N4OS. The van der Waals surface area contributed by atoms with Gasteiger partial charge in [0, 0.05) is 12.4 Å². The van der Waals surface area contributed by atoms with Gasteiger partial charge in [-0.25, -0.2) is 0 Å². The molecule has 3 aromatic rings. The first-order chi connectivity index (χ1) is 10.3. The largest absolute Gasteiger partial charge is 0.419 e. The summed E-state index contributed by atoms with van der Waals surface area (Å²) < 4.78 is 5.64. The average Bonchev–Trinajstić information content (AvgIpc) is 3.05. The summed E-state index contributed by atoms with van der Waals surface area (Å²) in [5.41, 5.74) is 2.25. The molecule has 5 nitrogen and oxygen atoms in total. The minimum absolute atomic E-state index is 0.337. The van der Waals surface area contributed by atoms with E-state index in [-0.39, 0.29) is 5.25 Å². The van der Waals surface area contributed by atoms with Gasteiger partial charge in [0.25, 0.3) is 0 Å². The zero-order valence-corrected chi connectivity index (χ0v) is 11.7.